The van der Waals surface area contributed by atoms with Crippen LogP contribution in [-0.4, -0.2) is 36.3 Å². The maximum absolute atomic E-state index is 12.4. The van der Waals surface area contributed by atoms with Gasteiger partial charge in [0.2, 0.25) is 11.8 Å². The first kappa shape index (κ1) is 19.9. The molecule has 6 heteroatoms. The molecule has 2 rings (SSSR count). The third kappa shape index (κ3) is 5.31. The van der Waals surface area contributed by atoms with Gasteiger partial charge in [-0.25, -0.2) is 0 Å². The third-order valence-electron chi connectivity index (χ3n) is 4.40. The van der Waals surface area contributed by atoms with Crippen molar-refractivity contribution in [1.82, 2.24) is 4.90 Å². The molecule has 0 saturated heterocycles. The Bertz CT molecular complexity index is 807. The van der Waals surface area contributed by atoms with Crippen LogP contribution in [-0.2, 0) is 9.59 Å². The van der Waals surface area contributed by atoms with Crippen molar-refractivity contribution < 1.29 is 9.59 Å². The summed E-state index contributed by atoms with van der Waals surface area (Å²) in [7, 11) is 1.74. The van der Waals surface area contributed by atoms with Gasteiger partial charge in [0, 0.05) is 16.4 Å². The Hall–Kier alpha value is -2.37. The Morgan fingerprint density at radius 2 is 1.81 bits per heavy atom. The fourth-order valence-electron chi connectivity index (χ4n) is 2.45. The summed E-state index contributed by atoms with van der Waals surface area (Å²) in [5.41, 5.74) is 3.57. The highest BCUT2D eigenvalue weighted by Gasteiger charge is 2.20. The van der Waals surface area contributed by atoms with Gasteiger partial charge in [-0.05, 0) is 63.2 Å². The number of anilines is 2. The summed E-state index contributed by atoms with van der Waals surface area (Å²) in [5, 5.41) is 6.26. The molecule has 0 aliphatic heterocycles. The van der Waals surface area contributed by atoms with E-state index in [0.29, 0.717) is 10.7 Å². The van der Waals surface area contributed by atoms with Gasteiger partial charge in [0.05, 0.1) is 12.6 Å². The number of carbonyl (C=O) groups is 2. The molecule has 0 bridgehead atoms. The molecule has 0 aromatic heterocycles. The van der Waals surface area contributed by atoms with Crippen molar-refractivity contribution in [1.29, 1.82) is 0 Å². The van der Waals surface area contributed by atoms with Gasteiger partial charge in [0.1, 0.15) is 0 Å². The predicted octanol–water partition coefficient (Wildman–Crippen LogP) is 3.85. The van der Waals surface area contributed by atoms with Crippen LogP contribution in [0.4, 0.5) is 11.4 Å². The van der Waals surface area contributed by atoms with E-state index in [4.69, 9.17) is 11.6 Å². The van der Waals surface area contributed by atoms with E-state index in [9.17, 15) is 9.59 Å². The predicted molar refractivity (Wildman–Crippen MR) is 107 cm³/mol. The number of nitrogens with one attached hydrogen (secondary N) is 2. The molecule has 0 aliphatic rings. The topological polar surface area (TPSA) is 61.4 Å². The largest absolute Gasteiger partial charge is 0.325 e. The molecule has 2 aromatic carbocycles. The maximum atomic E-state index is 12.4. The molecule has 0 radical (unpaired) electrons. The van der Waals surface area contributed by atoms with Gasteiger partial charge in [0.25, 0.3) is 0 Å². The Balaban J connectivity index is 1.93. The summed E-state index contributed by atoms with van der Waals surface area (Å²) >= 11 is 5.93. The number of aryl methyl sites for hydroxylation is 1. The van der Waals surface area contributed by atoms with E-state index in [1.54, 1.807) is 43.1 Å². The van der Waals surface area contributed by atoms with E-state index in [1.807, 2.05) is 32.0 Å². The molecule has 5 nitrogen and oxygen atoms in total. The lowest BCUT2D eigenvalue weighted by atomic mass is 10.1. The molecular formula is C20H24ClN3O2. The van der Waals surface area contributed by atoms with Gasteiger partial charge in [-0.15, -0.1) is 0 Å². The molecule has 138 valence electrons. The summed E-state index contributed by atoms with van der Waals surface area (Å²) in [6, 6.07) is 12.3. The van der Waals surface area contributed by atoms with Gasteiger partial charge < -0.3 is 10.6 Å². The molecule has 1 atom stereocenters. The second-order valence-corrected chi connectivity index (χ2v) is 6.82. The Kier molecular flexibility index (Phi) is 6.77. The van der Waals surface area contributed by atoms with Crippen LogP contribution >= 0.6 is 11.6 Å². The number of nitrogens with zero attached hydrogens (tertiary/aromatic N) is 1. The standard InChI is InChI=1S/C20H24ClN3O2/c1-13-7-5-10-18(14(13)2)23-19(25)12-24(4)15(3)20(26)22-17-9-6-8-16(21)11-17/h5-11,15H,12H2,1-4H3,(H,22,26)(H,23,25). The van der Waals surface area contributed by atoms with Crippen LogP contribution in [0.15, 0.2) is 42.5 Å². The van der Waals surface area contributed by atoms with E-state index in [2.05, 4.69) is 10.6 Å². The molecule has 2 aromatic rings. The number of hydrogen-bond acceptors (Lipinski definition) is 3. The lowest BCUT2D eigenvalue weighted by molar-refractivity contribution is -0.122. The summed E-state index contributed by atoms with van der Waals surface area (Å²) in [6.07, 6.45) is 0. The summed E-state index contributed by atoms with van der Waals surface area (Å²) in [6.45, 7) is 5.83. The van der Waals surface area contributed by atoms with Crippen LogP contribution in [0.5, 0.6) is 0 Å². The van der Waals surface area contributed by atoms with E-state index >= 15 is 0 Å². The fraction of sp³-hybridized carbons (Fsp3) is 0.300. The number of rotatable bonds is 6. The van der Waals surface area contributed by atoms with Crippen LogP contribution < -0.4 is 10.6 Å². The molecule has 0 heterocycles. The van der Waals surface area contributed by atoms with Crippen molar-refractivity contribution in [2.75, 3.05) is 24.2 Å². The van der Waals surface area contributed by atoms with Crippen molar-refractivity contribution in [3.8, 4) is 0 Å². The SMILES string of the molecule is Cc1cccc(NC(=O)CN(C)C(C)C(=O)Nc2cccc(Cl)c2)c1C. The van der Waals surface area contributed by atoms with Crippen molar-refractivity contribution in [2.24, 2.45) is 0 Å². The molecular weight excluding hydrogens is 350 g/mol. The van der Waals surface area contributed by atoms with Crippen molar-refractivity contribution in [3.05, 3.63) is 58.6 Å². The third-order valence-corrected chi connectivity index (χ3v) is 4.64. The summed E-state index contributed by atoms with van der Waals surface area (Å²) in [4.78, 5) is 26.4. The average molecular weight is 374 g/mol. The zero-order valence-corrected chi connectivity index (χ0v) is 16.2. The quantitative estimate of drug-likeness (QED) is 0.808. The lowest BCUT2D eigenvalue weighted by Gasteiger charge is -2.23. The number of halogens is 1. The highest BCUT2D eigenvalue weighted by molar-refractivity contribution is 6.30. The number of amides is 2. The number of hydrogen-bond donors (Lipinski definition) is 2. The van der Waals surface area contributed by atoms with Gasteiger partial charge in [-0.3, -0.25) is 14.5 Å². The highest BCUT2D eigenvalue weighted by atomic mass is 35.5. The monoisotopic (exact) mass is 373 g/mol. The fourth-order valence-corrected chi connectivity index (χ4v) is 2.64. The van der Waals surface area contributed by atoms with Gasteiger partial charge >= 0.3 is 0 Å². The van der Waals surface area contributed by atoms with Gasteiger partial charge in [0.15, 0.2) is 0 Å². The second-order valence-electron chi connectivity index (χ2n) is 6.39. The van der Waals surface area contributed by atoms with Gasteiger partial charge in [-0.1, -0.05) is 29.8 Å². The molecule has 0 fully saturated rings. The minimum absolute atomic E-state index is 0.109. The van der Waals surface area contributed by atoms with Crippen LogP contribution in [0.3, 0.4) is 0 Å². The van der Waals surface area contributed by atoms with Crippen LogP contribution in [0.25, 0.3) is 0 Å². The van der Waals surface area contributed by atoms with E-state index < -0.39 is 6.04 Å². The molecule has 2 amide bonds. The highest BCUT2D eigenvalue weighted by Crippen LogP contribution is 2.18. The average Bonchev–Trinajstić information content (AvgIpc) is 2.58. The Labute approximate surface area is 159 Å². The second kappa shape index (κ2) is 8.83. The summed E-state index contributed by atoms with van der Waals surface area (Å²) < 4.78 is 0. The zero-order chi connectivity index (χ0) is 19.3. The molecule has 0 spiro atoms. The number of likely N-dealkylation sites (N-methyl/N-ethyl adjacent to an activating group) is 1. The van der Waals surface area contributed by atoms with E-state index in [-0.39, 0.29) is 18.4 Å². The molecule has 0 aliphatic carbocycles. The minimum atomic E-state index is -0.474. The van der Waals surface area contributed by atoms with Crippen molar-refractivity contribution in [2.45, 2.75) is 26.8 Å². The van der Waals surface area contributed by atoms with Crippen LogP contribution in [0.1, 0.15) is 18.1 Å². The van der Waals surface area contributed by atoms with Crippen LogP contribution in [0, 0.1) is 13.8 Å². The first-order valence-electron chi connectivity index (χ1n) is 8.40. The normalized spacial score (nSPS) is 11.9. The minimum Gasteiger partial charge on any atom is -0.325 e. The zero-order valence-electron chi connectivity index (χ0n) is 15.5. The maximum Gasteiger partial charge on any atom is 0.241 e. The molecule has 26 heavy (non-hydrogen) atoms. The molecule has 2 N–H and O–H groups in total. The lowest BCUT2D eigenvalue weighted by Crippen LogP contribution is -2.43. The number of benzene rings is 2. The van der Waals surface area contributed by atoms with E-state index in [1.165, 1.54) is 0 Å². The first-order chi connectivity index (χ1) is 12.3. The first-order valence-corrected chi connectivity index (χ1v) is 8.78. The Morgan fingerprint density at radius 3 is 2.50 bits per heavy atom. The summed E-state index contributed by atoms with van der Waals surface area (Å²) in [5.74, 6) is -0.363. The van der Waals surface area contributed by atoms with Crippen molar-refractivity contribution >= 4 is 34.8 Å². The molecule has 0 saturated carbocycles. The van der Waals surface area contributed by atoms with Gasteiger partial charge in [-0.2, -0.15) is 0 Å². The van der Waals surface area contributed by atoms with Crippen LogP contribution in [0.2, 0.25) is 5.02 Å². The molecule has 1 unspecified atom stereocenters. The Morgan fingerprint density at radius 1 is 1.12 bits per heavy atom. The smallest absolute Gasteiger partial charge is 0.241 e. The van der Waals surface area contributed by atoms with E-state index in [0.717, 1.165) is 16.8 Å². The number of carbonyl (C=O) groups excluding carboxylic acids is 2. The van der Waals surface area contributed by atoms with Crippen molar-refractivity contribution in [3.63, 3.8) is 0 Å².